The maximum absolute atomic E-state index is 6.01. The van der Waals surface area contributed by atoms with E-state index in [-0.39, 0.29) is 0 Å². The van der Waals surface area contributed by atoms with E-state index in [0.29, 0.717) is 5.92 Å². The first-order valence-corrected chi connectivity index (χ1v) is 8.27. The summed E-state index contributed by atoms with van der Waals surface area (Å²) in [6.45, 7) is 4.87. The van der Waals surface area contributed by atoms with Crippen LogP contribution in [0.1, 0.15) is 12.8 Å². The Morgan fingerprint density at radius 2 is 2.23 bits per heavy atom. The summed E-state index contributed by atoms with van der Waals surface area (Å²) >= 11 is 6.01. The largest absolute Gasteiger partial charge is 0.384 e. The highest BCUT2D eigenvalue weighted by Crippen LogP contribution is 2.24. The highest BCUT2D eigenvalue weighted by Gasteiger charge is 2.14. The molecule has 2 N–H and O–H groups in total. The van der Waals surface area contributed by atoms with Crippen LogP contribution in [0.3, 0.4) is 0 Å². The van der Waals surface area contributed by atoms with Gasteiger partial charge < -0.3 is 15.4 Å². The van der Waals surface area contributed by atoms with Crippen LogP contribution in [0.2, 0.25) is 5.02 Å². The number of benzene rings is 1. The van der Waals surface area contributed by atoms with E-state index in [2.05, 4.69) is 15.6 Å². The van der Waals surface area contributed by atoms with Gasteiger partial charge in [-0.3, -0.25) is 4.98 Å². The topological polar surface area (TPSA) is 46.2 Å². The number of ether oxygens (including phenoxy) is 1. The molecule has 1 atom stereocenters. The lowest BCUT2D eigenvalue weighted by atomic mass is 10.1. The van der Waals surface area contributed by atoms with Crippen LogP contribution >= 0.6 is 11.6 Å². The van der Waals surface area contributed by atoms with Gasteiger partial charge in [-0.2, -0.15) is 0 Å². The number of hydrogen-bond acceptors (Lipinski definition) is 4. The van der Waals surface area contributed by atoms with Crippen molar-refractivity contribution in [1.29, 1.82) is 0 Å². The predicted octanol–water partition coefficient (Wildman–Crippen LogP) is 3.32. The van der Waals surface area contributed by atoms with Gasteiger partial charge >= 0.3 is 0 Å². The summed E-state index contributed by atoms with van der Waals surface area (Å²) in [7, 11) is 0. The normalized spacial score (nSPS) is 18.0. The van der Waals surface area contributed by atoms with E-state index < -0.39 is 0 Å². The predicted molar refractivity (Wildman–Crippen MR) is 91.7 cm³/mol. The first-order valence-electron chi connectivity index (χ1n) is 7.89. The second kappa shape index (κ2) is 7.77. The molecule has 1 unspecified atom stereocenters. The fourth-order valence-electron chi connectivity index (χ4n) is 2.76. The number of aromatic nitrogens is 1. The van der Waals surface area contributed by atoms with Crippen LogP contribution in [0.5, 0.6) is 0 Å². The quantitative estimate of drug-likeness (QED) is 0.769. The van der Waals surface area contributed by atoms with E-state index in [0.717, 1.165) is 60.9 Å². The first-order chi connectivity index (χ1) is 10.8. The third-order valence-corrected chi connectivity index (χ3v) is 4.24. The van der Waals surface area contributed by atoms with Gasteiger partial charge in [0.1, 0.15) is 0 Å². The Hall–Kier alpha value is -1.36. The van der Waals surface area contributed by atoms with Gasteiger partial charge in [0.15, 0.2) is 0 Å². The van der Waals surface area contributed by atoms with E-state index >= 15 is 0 Å². The van der Waals surface area contributed by atoms with Gasteiger partial charge in [-0.1, -0.05) is 11.6 Å². The Balaban J connectivity index is 1.43. The molecule has 118 valence electrons. The summed E-state index contributed by atoms with van der Waals surface area (Å²) < 4.78 is 5.37. The summed E-state index contributed by atoms with van der Waals surface area (Å²) in [5.74, 6) is 0.696. The van der Waals surface area contributed by atoms with E-state index in [1.54, 1.807) is 0 Å². The van der Waals surface area contributed by atoms with Crippen molar-refractivity contribution in [2.75, 3.05) is 38.2 Å². The summed E-state index contributed by atoms with van der Waals surface area (Å²) in [4.78, 5) is 4.36. The van der Waals surface area contributed by atoms with Crippen LogP contribution in [0, 0.1) is 5.92 Å². The lowest BCUT2D eigenvalue weighted by Gasteiger charge is -2.11. The molecule has 22 heavy (non-hydrogen) atoms. The number of rotatable bonds is 7. The maximum Gasteiger partial charge on any atom is 0.0737 e. The Morgan fingerprint density at radius 3 is 3.09 bits per heavy atom. The molecule has 1 aromatic heterocycles. The monoisotopic (exact) mass is 319 g/mol. The molecule has 0 aliphatic carbocycles. The average Bonchev–Trinajstić information content (AvgIpc) is 3.03. The lowest BCUT2D eigenvalue weighted by molar-refractivity contribution is 0.185. The van der Waals surface area contributed by atoms with Crippen LogP contribution in [0.15, 0.2) is 30.5 Å². The molecule has 1 aromatic carbocycles. The van der Waals surface area contributed by atoms with Crippen LogP contribution < -0.4 is 10.6 Å². The minimum absolute atomic E-state index is 0.696. The number of hydrogen-bond donors (Lipinski definition) is 2. The van der Waals surface area contributed by atoms with Crippen LogP contribution in [-0.2, 0) is 4.74 Å². The van der Waals surface area contributed by atoms with E-state index in [4.69, 9.17) is 16.3 Å². The maximum atomic E-state index is 6.01. The van der Waals surface area contributed by atoms with Crippen LogP contribution in [0.4, 0.5) is 5.69 Å². The number of anilines is 1. The second-order valence-electron chi connectivity index (χ2n) is 5.73. The van der Waals surface area contributed by atoms with Gasteiger partial charge in [0.05, 0.1) is 12.1 Å². The van der Waals surface area contributed by atoms with E-state index in [1.165, 1.54) is 6.42 Å². The van der Waals surface area contributed by atoms with E-state index in [1.807, 2.05) is 30.5 Å². The minimum atomic E-state index is 0.696. The fourth-order valence-corrected chi connectivity index (χ4v) is 2.93. The molecule has 0 saturated carbocycles. The van der Waals surface area contributed by atoms with Crippen LogP contribution in [-0.4, -0.2) is 37.8 Å². The molecule has 5 heteroatoms. The van der Waals surface area contributed by atoms with Gasteiger partial charge in [0, 0.05) is 42.0 Å². The van der Waals surface area contributed by atoms with Gasteiger partial charge in [-0.15, -0.1) is 0 Å². The zero-order valence-corrected chi connectivity index (χ0v) is 13.4. The Bertz CT molecular complexity index is 614. The molecular formula is C17H22ClN3O. The Morgan fingerprint density at radius 1 is 1.27 bits per heavy atom. The zero-order valence-electron chi connectivity index (χ0n) is 12.6. The molecule has 1 aliphatic rings. The van der Waals surface area contributed by atoms with Gasteiger partial charge in [-0.05, 0) is 49.6 Å². The van der Waals surface area contributed by atoms with Crippen molar-refractivity contribution in [2.24, 2.45) is 5.92 Å². The molecule has 4 nitrogen and oxygen atoms in total. The number of nitrogens with one attached hydrogen (secondary N) is 2. The Kier molecular flexibility index (Phi) is 5.48. The van der Waals surface area contributed by atoms with Gasteiger partial charge in [0.2, 0.25) is 0 Å². The standard InChI is InChI=1S/C17H22ClN3O/c18-14-2-3-15-16(4-8-21-17(15)10-14)20-7-1-6-19-11-13-5-9-22-12-13/h2-4,8,10,13,19H,1,5-7,9,11-12H2,(H,20,21). The molecular weight excluding hydrogens is 298 g/mol. The molecule has 1 saturated heterocycles. The number of fused-ring (bicyclic) bond motifs is 1. The van der Waals surface area contributed by atoms with Crippen molar-refractivity contribution in [3.05, 3.63) is 35.5 Å². The van der Waals surface area contributed by atoms with E-state index in [9.17, 15) is 0 Å². The molecule has 2 aromatic rings. The van der Waals surface area contributed by atoms with Gasteiger partial charge in [-0.25, -0.2) is 0 Å². The number of halogens is 1. The molecule has 0 bridgehead atoms. The summed E-state index contributed by atoms with van der Waals surface area (Å²) in [6, 6.07) is 7.83. The zero-order chi connectivity index (χ0) is 15.2. The molecule has 3 rings (SSSR count). The first kappa shape index (κ1) is 15.5. The fraction of sp³-hybridized carbons (Fsp3) is 0.471. The third-order valence-electron chi connectivity index (χ3n) is 4.01. The lowest BCUT2D eigenvalue weighted by Crippen LogP contribution is -2.25. The molecule has 1 fully saturated rings. The SMILES string of the molecule is Clc1ccc2c(NCCCNCC3CCOC3)ccnc2c1. The summed E-state index contributed by atoms with van der Waals surface area (Å²) in [5.41, 5.74) is 2.04. The summed E-state index contributed by atoms with van der Waals surface area (Å²) in [5, 5.41) is 8.83. The van der Waals surface area contributed by atoms with Crippen molar-refractivity contribution in [3.63, 3.8) is 0 Å². The molecule has 0 amide bonds. The van der Waals surface area contributed by atoms with Crippen LogP contribution in [0.25, 0.3) is 10.9 Å². The Labute approximate surface area is 136 Å². The third kappa shape index (κ3) is 4.09. The molecule has 1 aliphatic heterocycles. The number of pyridine rings is 1. The molecule has 0 spiro atoms. The van der Waals surface area contributed by atoms with Crippen molar-refractivity contribution >= 4 is 28.2 Å². The smallest absolute Gasteiger partial charge is 0.0737 e. The van der Waals surface area contributed by atoms with Crippen molar-refractivity contribution in [2.45, 2.75) is 12.8 Å². The molecule has 0 radical (unpaired) electrons. The highest BCUT2D eigenvalue weighted by molar-refractivity contribution is 6.31. The average molecular weight is 320 g/mol. The molecule has 2 heterocycles. The second-order valence-corrected chi connectivity index (χ2v) is 6.17. The van der Waals surface area contributed by atoms with Crippen molar-refractivity contribution < 1.29 is 4.74 Å². The number of nitrogens with zero attached hydrogens (tertiary/aromatic N) is 1. The summed E-state index contributed by atoms with van der Waals surface area (Å²) in [6.07, 6.45) is 4.10. The van der Waals surface area contributed by atoms with Gasteiger partial charge in [0.25, 0.3) is 0 Å². The minimum Gasteiger partial charge on any atom is -0.384 e. The van der Waals surface area contributed by atoms with Crippen molar-refractivity contribution in [3.8, 4) is 0 Å². The highest BCUT2D eigenvalue weighted by atomic mass is 35.5. The van der Waals surface area contributed by atoms with Crippen molar-refractivity contribution in [1.82, 2.24) is 10.3 Å².